The van der Waals surface area contributed by atoms with Gasteiger partial charge in [0.1, 0.15) is 5.82 Å². The number of hydrogen-bond donors (Lipinski definition) is 1. The normalized spacial score (nSPS) is 24.6. The molecule has 0 spiro atoms. The minimum atomic E-state index is -0.332. The molecule has 1 aromatic heterocycles. The van der Waals surface area contributed by atoms with Crippen molar-refractivity contribution in [3.8, 4) is 0 Å². The number of pyridine rings is 1. The van der Waals surface area contributed by atoms with Crippen LogP contribution in [-0.2, 0) is 9.31 Å². The summed E-state index contributed by atoms with van der Waals surface area (Å²) in [6, 6.07) is 4.14. The lowest BCUT2D eigenvalue weighted by Gasteiger charge is -2.49. The highest BCUT2D eigenvalue weighted by atomic mass is 16.7. The van der Waals surface area contributed by atoms with Gasteiger partial charge in [-0.3, -0.25) is 0 Å². The molecule has 0 saturated carbocycles. The van der Waals surface area contributed by atoms with Gasteiger partial charge in [-0.15, -0.1) is 0 Å². The Morgan fingerprint density at radius 2 is 1.64 bits per heavy atom. The molecule has 5 nitrogen and oxygen atoms in total. The number of aromatic nitrogens is 1. The third kappa shape index (κ3) is 2.64. The van der Waals surface area contributed by atoms with Crippen molar-refractivity contribution in [3.63, 3.8) is 0 Å². The van der Waals surface area contributed by atoms with Gasteiger partial charge in [-0.1, -0.05) is 6.07 Å². The van der Waals surface area contributed by atoms with Crippen LogP contribution in [0.1, 0.15) is 48.0 Å². The predicted molar refractivity (Wildman–Crippen MR) is 91.0 cm³/mol. The van der Waals surface area contributed by atoms with E-state index in [1.807, 2.05) is 6.20 Å². The molecule has 2 aliphatic heterocycles. The Balaban J connectivity index is 0.00000176. The highest BCUT2D eigenvalue weighted by Gasteiger charge is 2.51. The quantitative estimate of drug-likeness (QED) is 0.850. The molecule has 1 aromatic rings. The van der Waals surface area contributed by atoms with Crippen molar-refractivity contribution in [1.29, 1.82) is 0 Å². The van der Waals surface area contributed by atoms with Gasteiger partial charge in [-0.05, 0) is 54.0 Å². The van der Waals surface area contributed by atoms with E-state index in [4.69, 9.17) is 9.31 Å². The molecule has 0 radical (unpaired) electrons. The van der Waals surface area contributed by atoms with Crippen LogP contribution in [0.4, 0.5) is 5.82 Å². The first-order chi connectivity index (χ1) is 9.62. The lowest BCUT2D eigenvalue weighted by Crippen LogP contribution is -2.56. The van der Waals surface area contributed by atoms with Crippen LogP contribution in [0.15, 0.2) is 18.3 Å². The predicted octanol–water partition coefficient (Wildman–Crippen LogP) is 2.53. The molecule has 3 N–H and O–H groups in total. The summed E-state index contributed by atoms with van der Waals surface area (Å²) >= 11 is 0. The van der Waals surface area contributed by atoms with Crippen molar-refractivity contribution in [3.05, 3.63) is 18.3 Å². The molecule has 2 aliphatic rings. The van der Waals surface area contributed by atoms with E-state index in [0.29, 0.717) is 0 Å². The van der Waals surface area contributed by atoms with Gasteiger partial charge in [-0.25, -0.2) is 4.98 Å². The lowest BCUT2D eigenvalue weighted by atomic mass is 9.80. The number of hydrogen-bond acceptors (Lipinski definition) is 5. The van der Waals surface area contributed by atoms with Crippen molar-refractivity contribution in [1.82, 2.24) is 11.1 Å². The topological polar surface area (TPSA) is 69.6 Å². The Bertz CT molecular complexity index is 527. The Morgan fingerprint density at radius 3 is 2.00 bits per heavy atom. The van der Waals surface area contributed by atoms with E-state index in [-0.39, 0.29) is 30.0 Å². The average molecular weight is 305 g/mol. The standard InChI is InChI=1S/C16H25BN2O2.H3N/c1-14(2)9-10-19(14)13-8-7-12(11-18-13)17-20-15(3,4)16(5,6)21-17;/h7-8,11H,9-10H2,1-6H3;1H3. The Kier molecular flexibility index (Phi) is 4.09. The summed E-state index contributed by atoms with van der Waals surface area (Å²) < 4.78 is 12.1. The van der Waals surface area contributed by atoms with Crippen LogP contribution in [0.25, 0.3) is 0 Å². The summed E-state index contributed by atoms with van der Waals surface area (Å²) in [7, 11) is -0.332. The fourth-order valence-electron chi connectivity index (χ4n) is 2.77. The molecule has 0 aromatic carbocycles. The van der Waals surface area contributed by atoms with Gasteiger partial charge in [0.15, 0.2) is 0 Å². The summed E-state index contributed by atoms with van der Waals surface area (Å²) in [5.41, 5.74) is 0.584. The lowest BCUT2D eigenvalue weighted by molar-refractivity contribution is 0.00578. The first-order valence-electron chi connectivity index (χ1n) is 7.72. The molecule has 2 saturated heterocycles. The second-order valence-corrected chi connectivity index (χ2v) is 7.75. The van der Waals surface area contributed by atoms with Crippen LogP contribution in [0.3, 0.4) is 0 Å². The van der Waals surface area contributed by atoms with Gasteiger partial charge < -0.3 is 20.4 Å². The van der Waals surface area contributed by atoms with Crippen molar-refractivity contribution in [2.24, 2.45) is 0 Å². The van der Waals surface area contributed by atoms with Crippen molar-refractivity contribution < 1.29 is 9.31 Å². The molecule has 0 bridgehead atoms. The molecule has 122 valence electrons. The van der Waals surface area contributed by atoms with Crippen molar-refractivity contribution in [2.75, 3.05) is 11.4 Å². The first kappa shape index (κ1) is 17.3. The molecule has 0 atom stereocenters. The molecule has 3 heterocycles. The maximum atomic E-state index is 6.06. The van der Waals surface area contributed by atoms with Crippen molar-refractivity contribution in [2.45, 2.75) is 64.7 Å². The van der Waals surface area contributed by atoms with E-state index in [1.54, 1.807) is 0 Å². The van der Waals surface area contributed by atoms with Crippen LogP contribution in [0.2, 0.25) is 0 Å². The van der Waals surface area contributed by atoms with Gasteiger partial charge in [0.2, 0.25) is 0 Å². The van der Waals surface area contributed by atoms with Crippen molar-refractivity contribution >= 4 is 18.4 Å². The fourth-order valence-corrected chi connectivity index (χ4v) is 2.77. The third-order valence-corrected chi connectivity index (χ3v) is 5.25. The Hall–Kier alpha value is -1.11. The molecule has 22 heavy (non-hydrogen) atoms. The maximum absolute atomic E-state index is 6.06. The van der Waals surface area contributed by atoms with E-state index < -0.39 is 0 Å². The molecular weight excluding hydrogens is 277 g/mol. The zero-order valence-corrected chi connectivity index (χ0v) is 14.6. The summed E-state index contributed by atoms with van der Waals surface area (Å²) in [4.78, 5) is 6.94. The minimum Gasteiger partial charge on any atom is -0.399 e. The first-order valence-corrected chi connectivity index (χ1v) is 7.72. The number of anilines is 1. The summed E-state index contributed by atoms with van der Waals surface area (Å²) in [5.74, 6) is 1.03. The van der Waals surface area contributed by atoms with E-state index in [9.17, 15) is 0 Å². The average Bonchev–Trinajstić information content (AvgIpc) is 2.58. The molecule has 0 aliphatic carbocycles. The van der Waals surface area contributed by atoms with Gasteiger partial charge in [0, 0.05) is 23.7 Å². The maximum Gasteiger partial charge on any atom is 0.496 e. The summed E-state index contributed by atoms with van der Waals surface area (Å²) in [5, 5.41) is 0. The molecule has 3 rings (SSSR count). The van der Waals surface area contributed by atoms with Crippen LogP contribution in [0, 0.1) is 0 Å². The van der Waals surface area contributed by atoms with Gasteiger partial charge in [-0.2, -0.15) is 0 Å². The van der Waals surface area contributed by atoms with Gasteiger partial charge in [0.05, 0.1) is 11.2 Å². The Morgan fingerprint density at radius 1 is 1.05 bits per heavy atom. The fraction of sp³-hybridized carbons (Fsp3) is 0.688. The van der Waals surface area contributed by atoms with E-state index >= 15 is 0 Å². The molecule has 0 unspecified atom stereocenters. The van der Waals surface area contributed by atoms with E-state index in [2.05, 4.69) is 63.6 Å². The monoisotopic (exact) mass is 305 g/mol. The van der Waals surface area contributed by atoms with Crippen LogP contribution in [-0.4, -0.2) is 35.4 Å². The largest absolute Gasteiger partial charge is 0.496 e. The molecule has 6 heteroatoms. The third-order valence-electron chi connectivity index (χ3n) is 5.25. The van der Waals surface area contributed by atoms with Gasteiger partial charge in [0.25, 0.3) is 0 Å². The molecular formula is C16H28BN3O2. The molecule has 2 fully saturated rings. The zero-order valence-electron chi connectivity index (χ0n) is 14.6. The highest BCUT2D eigenvalue weighted by Crippen LogP contribution is 2.37. The van der Waals surface area contributed by atoms with E-state index in [0.717, 1.165) is 17.8 Å². The Labute approximate surface area is 134 Å². The zero-order chi connectivity index (χ0) is 15.5. The van der Waals surface area contributed by atoms with Crippen LogP contribution >= 0.6 is 0 Å². The number of rotatable bonds is 2. The number of nitrogens with zero attached hydrogens (tertiary/aromatic N) is 2. The SMILES string of the molecule is CC1(C)CCN1c1ccc(B2OC(C)(C)C(C)(C)O2)cn1.N. The highest BCUT2D eigenvalue weighted by molar-refractivity contribution is 6.62. The van der Waals surface area contributed by atoms with Crippen LogP contribution < -0.4 is 16.5 Å². The summed E-state index contributed by atoms with van der Waals surface area (Å²) in [6.45, 7) is 13.8. The van der Waals surface area contributed by atoms with Gasteiger partial charge >= 0.3 is 7.12 Å². The summed E-state index contributed by atoms with van der Waals surface area (Å²) in [6.07, 6.45) is 3.10. The molecule has 0 amide bonds. The minimum absolute atomic E-state index is 0. The van der Waals surface area contributed by atoms with E-state index in [1.165, 1.54) is 6.42 Å². The second-order valence-electron chi connectivity index (χ2n) is 7.75. The van der Waals surface area contributed by atoms with Crippen LogP contribution in [0.5, 0.6) is 0 Å². The second kappa shape index (κ2) is 5.22. The smallest absolute Gasteiger partial charge is 0.399 e.